The van der Waals surface area contributed by atoms with E-state index in [4.69, 9.17) is 22.1 Å². The lowest BCUT2D eigenvalue weighted by Crippen LogP contribution is -2.51. The Morgan fingerprint density at radius 3 is 2.58 bits per heavy atom. The number of piperazine rings is 1. The standard InChI is InChI=1S/C18H27ClN4O/c19-15-4-6-16(7-5-15)22-10-12-23(13-11-22)18(20)21-9-8-17-3-1-2-14-24-17/h4-7,17H,1-3,8-14H2,(H2,20,21). The van der Waals surface area contributed by atoms with Crippen molar-refractivity contribution < 1.29 is 4.74 Å². The van der Waals surface area contributed by atoms with Crippen LogP contribution in [0.1, 0.15) is 25.7 Å². The molecule has 2 fully saturated rings. The van der Waals surface area contributed by atoms with Gasteiger partial charge in [-0.2, -0.15) is 0 Å². The molecule has 0 amide bonds. The summed E-state index contributed by atoms with van der Waals surface area (Å²) in [5, 5.41) is 0.774. The fourth-order valence-electron chi connectivity index (χ4n) is 3.30. The van der Waals surface area contributed by atoms with Gasteiger partial charge in [0.05, 0.1) is 6.10 Å². The smallest absolute Gasteiger partial charge is 0.191 e. The van der Waals surface area contributed by atoms with Crippen molar-refractivity contribution in [3.8, 4) is 0 Å². The van der Waals surface area contributed by atoms with Crippen LogP contribution in [0.15, 0.2) is 29.3 Å². The fourth-order valence-corrected chi connectivity index (χ4v) is 3.43. The van der Waals surface area contributed by atoms with Gasteiger partial charge in [0.2, 0.25) is 0 Å². The van der Waals surface area contributed by atoms with Crippen LogP contribution in [0.5, 0.6) is 0 Å². The first-order valence-corrected chi connectivity index (χ1v) is 9.27. The molecule has 2 aliphatic heterocycles. The minimum absolute atomic E-state index is 0.372. The maximum absolute atomic E-state index is 6.17. The Labute approximate surface area is 149 Å². The normalized spacial score (nSPS) is 22.7. The number of nitrogens with two attached hydrogens (primary N) is 1. The summed E-state index contributed by atoms with van der Waals surface area (Å²) in [6, 6.07) is 8.01. The molecule has 0 bridgehead atoms. The number of benzene rings is 1. The van der Waals surface area contributed by atoms with E-state index in [2.05, 4.69) is 26.9 Å². The Balaban J connectivity index is 1.43. The van der Waals surface area contributed by atoms with Crippen LogP contribution in [0, 0.1) is 0 Å². The summed E-state index contributed by atoms with van der Waals surface area (Å²) in [4.78, 5) is 9.09. The van der Waals surface area contributed by atoms with Crippen molar-refractivity contribution in [1.29, 1.82) is 0 Å². The van der Waals surface area contributed by atoms with Gasteiger partial charge in [-0.25, -0.2) is 0 Å². The Morgan fingerprint density at radius 2 is 1.92 bits per heavy atom. The largest absolute Gasteiger partial charge is 0.378 e. The lowest BCUT2D eigenvalue weighted by Gasteiger charge is -2.36. The number of aliphatic imine (C=N–C) groups is 1. The molecule has 2 saturated heterocycles. The second-order valence-corrected chi connectivity index (χ2v) is 6.90. The molecule has 6 heteroatoms. The van der Waals surface area contributed by atoms with Crippen LogP contribution in [0.4, 0.5) is 5.69 Å². The van der Waals surface area contributed by atoms with Crippen molar-refractivity contribution in [2.45, 2.75) is 31.8 Å². The predicted octanol–water partition coefficient (Wildman–Crippen LogP) is 2.74. The number of nitrogens with zero attached hydrogens (tertiary/aromatic N) is 3. The highest BCUT2D eigenvalue weighted by atomic mass is 35.5. The average molecular weight is 351 g/mol. The van der Waals surface area contributed by atoms with Gasteiger partial charge < -0.3 is 20.3 Å². The van der Waals surface area contributed by atoms with Crippen molar-refractivity contribution in [3.05, 3.63) is 29.3 Å². The summed E-state index contributed by atoms with van der Waals surface area (Å²) >= 11 is 5.95. The minimum Gasteiger partial charge on any atom is -0.378 e. The van der Waals surface area contributed by atoms with Gasteiger partial charge in [-0.3, -0.25) is 4.99 Å². The van der Waals surface area contributed by atoms with E-state index >= 15 is 0 Å². The molecule has 0 radical (unpaired) electrons. The topological polar surface area (TPSA) is 54.1 Å². The highest BCUT2D eigenvalue weighted by Gasteiger charge is 2.19. The molecule has 1 atom stereocenters. The second-order valence-electron chi connectivity index (χ2n) is 6.47. The highest BCUT2D eigenvalue weighted by Crippen LogP contribution is 2.19. The Kier molecular flexibility index (Phi) is 6.21. The number of ether oxygens (including phenoxy) is 1. The average Bonchev–Trinajstić information content (AvgIpc) is 2.63. The van der Waals surface area contributed by atoms with Crippen LogP contribution in [0.25, 0.3) is 0 Å². The van der Waals surface area contributed by atoms with Crippen LogP contribution in [0.2, 0.25) is 5.02 Å². The predicted molar refractivity (Wildman–Crippen MR) is 99.9 cm³/mol. The highest BCUT2D eigenvalue weighted by molar-refractivity contribution is 6.30. The lowest BCUT2D eigenvalue weighted by molar-refractivity contribution is 0.0129. The monoisotopic (exact) mass is 350 g/mol. The van der Waals surface area contributed by atoms with E-state index in [0.29, 0.717) is 12.1 Å². The van der Waals surface area contributed by atoms with Crippen LogP contribution in [0.3, 0.4) is 0 Å². The fraction of sp³-hybridized carbons (Fsp3) is 0.611. The van der Waals surface area contributed by atoms with Gasteiger partial charge in [-0.1, -0.05) is 11.6 Å². The molecule has 24 heavy (non-hydrogen) atoms. The third-order valence-corrected chi connectivity index (χ3v) is 5.05. The lowest BCUT2D eigenvalue weighted by atomic mass is 10.1. The molecule has 1 unspecified atom stereocenters. The van der Waals surface area contributed by atoms with Gasteiger partial charge in [-0.15, -0.1) is 0 Å². The van der Waals surface area contributed by atoms with Gasteiger partial charge in [0, 0.05) is 50.0 Å². The molecular formula is C18H27ClN4O. The number of hydrogen-bond acceptors (Lipinski definition) is 3. The van der Waals surface area contributed by atoms with Gasteiger partial charge in [-0.05, 0) is 49.9 Å². The van der Waals surface area contributed by atoms with E-state index in [9.17, 15) is 0 Å². The molecule has 2 heterocycles. The SMILES string of the molecule is NC(=NCCC1CCCCO1)N1CCN(c2ccc(Cl)cc2)CC1. The molecule has 1 aromatic rings. The quantitative estimate of drug-likeness (QED) is 0.670. The van der Waals surface area contributed by atoms with Crippen LogP contribution >= 0.6 is 11.6 Å². The molecule has 2 aliphatic rings. The maximum Gasteiger partial charge on any atom is 0.191 e. The second kappa shape index (κ2) is 8.58. The Morgan fingerprint density at radius 1 is 1.17 bits per heavy atom. The zero-order chi connectivity index (χ0) is 16.8. The van der Waals surface area contributed by atoms with E-state index in [1.165, 1.54) is 18.5 Å². The summed E-state index contributed by atoms with van der Waals surface area (Å²) in [6.45, 7) is 5.35. The number of anilines is 1. The van der Waals surface area contributed by atoms with E-state index in [1.807, 2.05) is 12.1 Å². The first-order valence-electron chi connectivity index (χ1n) is 8.89. The molecule has 0 saturated carbocycles. The van der Waals surface area contributed by atoms with Gasteiger partial charge in [0.1, 0.15) is 0 Å². The van der Waals surface area contributed by atoms with E-state index < -0.39 is 0 Å². The molecule has 1 aromatic carbocycles. The van der Waals surface area contributed by atoms with E-state index in [0.717, 1.165) is 57.2 Å². The van der Waals surface area contributed by atoms with Crippen molar-refractivity contribution in [3.63, 3.8) is 0 Å². The summed E-state index contributed by atoms with van der Waals surface area (Å²) in [5.41, 5.74) is 7.38. The van der Waals surface area contributed by atoms with Crippen LogP contribution < -0.4 is 10.6 Å². The summed E-state index contributed by atoms with van der Waals surface area (Å²) in [7, 11) is 0. The zero-order valence-corrected chi connectivity index (χ0v) is 14.9. The summed E-state index contributed by atoms with van der Waals surface area (Å²) < 4.78 is 5.74. The first kappa shape index (κ1) is 17.4. The number of hydrogen-bond donors (Lipinski definition) is 1. The number of rotatable bonds is 4. The molecule has 0 aliphatic carbocycles. The summed E-state index contributed by atoms with van der Waals surface area (Å²) in [5.74, 6) is 0.668. The number of guanidine groups is 1. The Bertz CT molecular complexity index is 534. The van der Waals surface area contributed by atoms with Gasteiger partial charge in [0.25, 0.3) is 0 Å². The molecule has 2 N–H and O–H groups in total. The third-order valence-electron chi connectivity index (χ3n) is 4.79. The van der Waals surface area contributed by atoms with Crippen molar-refractivity contribution >= 4 is 23.2 Å². The van der Waals surface area contributed by atoms with Gasteiger partial charge in [0.15, 0.2) is 5.96 Å². The van der Waals surface area contributed by atoms with Crippen molar-refractivity contribution in [1.82, 2.24) is 4.90 Å². The minimum atomic E-state index is 0.372. The molecule has 5 nitrogen and oxygen atoms in total. The number of halogens is 1. The van der Waals surface area contributed by atoms with Crippen LogP contribution in [-0.4, -0.2) is 56.3 Å². The van der Waals surface area contributed by atoms with E-state index in [1.54, 1.807) is 0 Å². The van der Waals surface area contributed by atoms with E-state index in [-0.39, 0.29) is 0 Å². The summed E-state index contributed by atoms with van der Waals surface area (Å²) in [6.07, 6.45) is 4.98. The van der Waals surface area contributed by atoms with Crippen molar-refractivity contribution in [2.75, 3.05) is 44.2 Å². The molecule has 132 valence electrons. The zero-order valence-electron chi connectivity index (χ0n) is 14.2. The molecule has 3 rings (SSSR count). The Hall–Kier alpha value is -1.46. The van der Waals surface area contributed by atoms with Crippen molar-refractivity contribution in [2.24, 2.45) is 10.7 Å². The van der Waals surface area contributed by atoms with Crippen LogP contribution in [-0.2, 0) is 4.74 Å². The maximum atomic E-state index is 6.17. The molecular weight excluding hydrogens is 324 g/mol. The molecule has 0 aromatic heterocycles. The first-order chi connectivity index (χ1) is 11.7. The third kappa shape index (κ3) is 4.77. The van der Waals surface area contributed by atoms with Gasteiger partial charge >= 0.3 is 0 Å². The molecule has 0 spiro atoms.